The molecule has 0 bridgehead atoms. The molecule has 1 saturated heterocycles. The summed E-state index contributed by atoms with van der Waals surface area (Å²) in [6.45, 7) is 2.92. The van der Waals surface area contributed by atoms with Gasteiger partial charge in [0.05, 0.1) is 12.5 Å². The minimum atomic E-state index is -0.565. The van der Waals surface area contributed by atoms with Crippen molar-refractivity contribution in [1.29, 1.82) is 0 Å². The van der Waals surface area contributed by atoms with E-state index in [2.05, 4.69) is 25.1 Å². The van der Waals surface area contributed by atoms with Crippen molar-refractivity contribution in [3.8, 4) is 0 Å². The van der Waals surface area contributed by atoms with Gasteiger partial charge in [0.1, 0.15) is 0 Å². The standard InChI is InChI=1S/C25H26N2O3/c1-17-15-20-5-2-3-6-21(20)22(17)16-25(29)27-14-4-7-23(27)19-11-8-18(9-12-19)10-13-24(28)26-30/h2-3,5-6,8-13,23,30H,4,7,14-16H2,1H3,(H,26,28)/b13-10+. The summed E-state index contributed by atoms with van der Waals surface area (Å²) >= 11 is 0. The van der Waals surface area contributed by atoms with Gasteiger partial charge in [-0.05, 0) is 60.1 Å². The fraction of sp³-hybridized carbons (Fsp3) is 0.280. The topological polar surface area (TPSA) is 69.6 Å². The molecule has 1 atom stereocenters. The third-order valence-electron chi connectivity index (χ3n) is 6.07. The zero-order valence-electron chi connectivity index (χ0n) is 17.1. The van der Waals surface area contributed by atoms with Gasteiger partial charge in [-0.2, -0.15) is 0 Å². The third-order valence-corrected chi connectivity index (χ3v) is 6.07. The Hall–Kier alpha value is -3.18. The van der Waals surface area contributed by atoms with Crippen LogP contribution >= 0.6 is 0 Å². The van der Waals surface area contributed by atoms with E-state index in [9.17, 15) is 9.59 Å². The largest absolute Gasteiger partial charge is 0.335 e. The van der Waals surface area contributed by atoms with E-state index in [0.717, 1.165) is 36.9 Å². The first kappa shape index (κ1) is 20.1. The second-order valence-electron chi connectivity index (χ2n) is 7.99. The van der Waals surface area contributed by atoms with Crippen LogP contribution in [0.3, 0.4) is 0 Å². The first-order valence-electron chi connectivity index (χ1n) is 10.4. The molecular formula is C25H26N2O3. The lowest BCUT2D eigenvalue weighted by Crippen LogP contribution is -2.30. The molecule has 1 unspecified atom stereocenters. The number of hydroxylamine groups is 1. The lowest BCUT2D eigenvalue weighted by molar-refractivity contribution is -0.131. The highest BCUT2D eigenvalue weighted by molar-refractivity contribution is 5.92. The highest BCUT2D eigenvalue weighted by atomic mass is 16.5. The van der Waals surface area contributed by atoms with Gasteiger partial charge in [0.25, 0.3) is 5.91 Å². The molecule has 0 aromatic heterocycles. The molecule has 0 radical (unpaired) electrons. The second-order valence-corrected chi connectivity index (χ2v) is 7.99. The fourth-order valence-electron chi connectivity index (χ4n) is 4.54. The Kier molecular flexibility index (Phi) is 5.81. The van der Waals surface area contributed by atoms with Gasteiger partial charge in [-0.1, -0.05) is 54.1 Å². The van der Waals surface area contributed by atoms with Crippen LogP contribution in [0.25, 0.3) is 11.6 Å². The van der Waals surface area contributed by atoms with Crippen LogP contribution in [-0.4, -0.2) is 28.5 Å². The van der Waals surface area contributed by atoms with Gasteiger partial charge in [0.2, 0.25) is 5.91 Å². The van der Waals surface area contributed by atoms with Crippen LogP contribution in [0.2, 0.25) is 0 Å². The molecule has 2 aromatic carbocycles. The SMILES string of the molecule is CC1=C(CC(=O)N2CCCC2c2ccc(/C=C/C(=O)NO)cc2)c2ccccc2C1. The summed E-state index contributed by atoms with van der Waals surface area (Å²) in [5.74, 6) is -0.378. The van der Waals surface area contributed by atoms with Gasteiger partial charge >= 0.3 is 0 Å². The van der Waals surface area contributed by atoms with Crippen LogP contribution < -0.4 is 5.48 Å². The van der Waals surface area contributed by atoms with E-state index >= 15 is 0 Å². The smallest absolute Gasteiger partial charge is 0.267 e. The first-order chi connectivity index (χ1) is 14.6. The Morgan fingerprint density at radius 3 is 2.70 bits per heavy atom. The average molecular weight is 402 g/mol. The van der Waals surface area contributed by atoms with Crippen molar-refractivity contribution in [2.24, 2.45) is 0 Å². The van der Waals surface area contributed by atoms with Gasteiger partial charge < -0.3 is 4.90 Å². The van der Waals surface area contributed by atoms with Crippen molar-refractivity contribution < 1.29 is 14.8 Å². The lowest BCUT2D eigenvalue weighted by Gasteiger charge is -2.26. The molecule has 2 N–H and O–H groups in total. The minimum absolute atomic E-state index is 0.0915. The summed E-state index contributed by atoms with van der Waals surface area (Å²) in [5.41, 5.74) is 8.57. The molecule has 1 heterocycles. The van der Waals surface area contributed by atoms with E-state index in [-0.39, 0.29) is 11.9 Å². The van der Waals surface area contributed by atoms with Gasteiger partial charge in [-0.3, -0.25) is 14.8 Å². The van der Waals surface area contributed by atoms with Crippen molar-refractivity contribution in [1.82, 2.24) is 10.4 Å². The molecule has 1 aliphatic heterocycles. The second kappa shape index (κ2) is 8.67. The summed E-state index contributed by atoms with van der Waals surface area (Å²) < 4.78 is 0. The Bertz CT molecular complexity index is 1020. The fourth-order valence-corrected chi connectivity index (χ4v) is 4.54. The Labute approximate surface area is 176 Å². The predicted octanol–water partition coefficient (Wildman–Crippen LogP) is 4.29. The van der Waals surface area contributed by atoms with Crippen LogP contribution in [0.1, 0.15) is 54.5 Å². The summed E-state index contributed by atoms with van der Waals surface area (Å²) in [7, 11) is 0. The first-order valence-corrected chi connectivity index (χ1v) is 10.4. The van der Waals surface area contributed by atoms with E-state index in [4.69, 9.17) is 5.21 Å². The number of hydrogen-bond donors (Lipinski definition) is 2. The molecule has 154 valence electrons. The Morgan fingerprint density at radius 1 is 1.17 bits per heavy atom. The molecule has 2 aliphatic rings. The number of carbonyl (C=O) groups excluding carboxylic acids is 2. The maximum Gasteiger partial charge on any atom is 0.267 e. The number of amides is 2. The maximum absolute atomic E-state index is 13.2. The quantitative estimate of drug-likeness (QED) is 0.445. The summed E-state index contributed by atoms with van der Waals surface area (Å²) in [6, 6.07) is 16.4. The zero-order valence-corrected chi connectivity index (χ0v) is 17.1. The Balaban J connectivity index is 1.47. The number of hydrogen-bond acceptors (Lipinski definition) is 3. The maximum atomic E-state index is 13.2. The van der Waals surface area contributed by atoms with Crippen LogP contribution in [0.15, 0.2) is 60.2 Å². The molecule has 2 aromatic rings. The van der Waals surface area contributed by atoms with E-state index in [0.29, 0.717) is 6.42 Å². The van der Waals surface area contributed by atoms with E-state index < -0.39 is 5.91 Å². The monoisotopic (exact) mass is 402 g/mol. The molecule has 1 fully saturated rings. The molecule has 5 heteroatoms. The van der Waals surface area contributed by atoms with Crippen LogP contribution in [0, 0.1) is 0 Å². The van der Waals surface area contributed by atoms with E-state index in [1.54, 1.807) is 11.6 Å². The zero-order chi connectivity index (χ0) is 21.1. The molecular weight excluding hydrogens is 376 g/mol. The number of benzene rings is 2. The molecule has 1 aliphatic carbocycles. The minimum Gasteiger partial charge on any atom is -0.335 e. The van der Waals surface area contributed by atoms with Crippen molar-refractivity contribution >= 4 is 23.5 Å². The van der Waals surface area contributed by atoms with Gasteiger partial charge in [0, 0.05) is 12.6 Å². The molecule has 0 saturated carbocycles. The van der Waals surface area contributed by atoms with Gasteiger partial charge in [0.15, 0.2) is 0 Å². The van der Waals surface area contributed by atoms with Crippen molar-refractivity contribution in [3.63, 3.8) is 0 Å². The number of allylic oxidation sites excluding steroid dienone is 1. The van der Waals surface area contributed by atoms with Crippen LogP contribution in [-0.2, 0) is 16.0 Å². The summed E-state index contributed by atoms with van der Waals surface area (Å²) in [5, 5.41) is 8.56. The lowest BCUT2D eigenvalue weighted by atomic mass is 10.00. The summed E-state index contributed by atoms with van der Waals surface area (Å²) in [6.07, 6.45) is 6.27. The van der Waals surface area contributed by atoms with Crippen molar-refractivity contribution in [3.05, 3.63) is 82.4 Å². The third kappa shape index (κ3) is 4.07. The molecule has 0 spiro atoms. The molecule has 4 rings (SSSR count). The van der Waals surface area contributed by atoms with Gasteiger partial charge in [-0.25, -0.2) is 5.48 Å². The number of likely N-dealkylation sites (tertiary alicyclic amines) is 1. The van der Waals surface area contributed by atoms with Crippen LogP contribution in [0.5, 0.6) is 0 Å². The number of nitrogens with zero attached hydrogens (tertiary/aromatic N) is 1. The number of fused-ring (bicyclic) bond motifs is 1. The molecule has 2 amide bonds. The molecule has 30 heavy (non-hydrogen) atoms. The normalized spacial score (nSPS) is 18.2. The highest BCUT2D eigenvalue weighted by Crippen LogP contribution is 2.38. The summed E-state index contributed by atoms with van der Waals surface area (Å²) in [4.78, 5) is 26.4. The number of nitrogens with one attached hydrogen (secondary N) is 1. The Morgan fingerprint density at radius 2 is 1.93 bits per heavy atom. The van der Waals surface area contributed by atoms with E-state index in [1.165, 1.54) is 28.3 Å². The highest BCUT2D eigenvalue weighted by Gasteiger charge is 2.31. The molecule has 5 nitrogen and oxygen atoms in total. The number of rotatable bonds is 5. The number of carbonyl (C=O) groups is 2. The van der Waals surface area contributed by atoms with Crippen molar-refractivity contribution in [2.45, 2.75) is 38.6 Å². The average Bonchev–Trinajstić information content (AvgIpc) is 3.37. The van der Waals surface area contributed by atoms with Gasteiger partial charge in [-0.15, -0.1) is 0 Å². The van der Waals surface area contributed by atoms with E-state index in [1.807, 2.05) is 35.2 Å². The van der Waals surface area contributed by atoms with Crippen molar-refractivity contribution in [2.75, 3.05) is 6.54 Å². The van der Waals surface area contributed by atoms with Crippen LogP contribution in [0.4, 0.5) is 0 Å². The predicted molar refractivity (Wildman–Crippen MR) is 116 cm³/mol.